The predicted octanol–water partition coefficient (Wildman–Crippen LogP) is 2.72. The van der Waals surface area contributed by atoms with E-state index in [2.05, 4.69) is 0 Å². The third kappa shape index (κ3) is 5.08. The molecule has 1 heterocycles. The molecule has 0 N–H and O–H groups in total. The minimum absolute atomic E-state index is 0.181. The van der Waals surface area contributed by atoms with Gasteiger partial charge in [-0.3, -0.25) is 4.79 Å². The van der Waals surface area contributed by atoms with Crippen LogP contribution in [0.1, 0.15) is 52.4 Å². The summed E-state index contributed by atoms with van der Waals surface area (Å²) in [6.07, 6.45) is 5.57. The lowest BCUT2D eigenvalue weighted by Crippen LogP contribution is -2.23. The molecule has 0 aromatic carbocycles. The molecule has 0 amide bonds. The number of ketones is 1. The summed E-state index contributed by atoms with van der Waals surface area (Å²) in [5, 5.41) is 0. The predicted molar refractivity (Wildman–Crippen MR) is 63.5 cm³/mol. The zero-order valence-corrected chi connectivity index (χ0v) is 10.8. The highest BCUT2D eigenvalue weighted by molar-refractivity contribution is 5.78. The average Bonchev–Trinajstić information content (AvgIpc) is 2.76. The Morgan fingerprint density at radius 2 is 2.19 bits per heavy atom. The fraction of sp³-hybridized carbons (Fsp3) is 0.923. The summed E-state index contributed by atoms with van der Waals surface area (Å²) in [4.78, 5) is 11.7. The van der Waals surface area contributed by atoms with Gasteiger partial charge in [-0.05, 0) is 39.5 Å². The first-order chi connectivity index (χ1) is 7.53. The number of rotatable bonds is 7. The first-order valence-corrected chi connectivity index (χ1v) is 6.22. The summed E-state index contributed by atoms with van der Waals surface area (Å²) >= 11 is 0. The minimum Gasteiger partial charge on any atom is -0.379 e. The number of carbonyl (C=O) groups excluding carboxylic acids is 1. The Hall–Kier alpha value is -0.410. The van der Waals surface area contributed by atoms with E-state index in [1.54, 1.807) is 7.11 Å². The van der Waals surface area contributed by atoms with Crippen molar-refractivity contribution in [3.8, 4) is 0 Å². The van der Waals surface area contributed by atoms with E-state index in [-0.39, 0.29) is 5.60 Å². The van der Waals surface area contributed by atoms with Gasteiger partial charge in [0.1, 0.15) is 5.78 Å². The molecular formula is C13H24O3. The molecule has 0 spiro atoms. The molecule has 1 aliphatic rings. The van der Waals surface area contributed by atoms with Crippen molar-refractivity contribution >= 4 is 5.78 Å². The summed E-state index contributed by atoms with van der Waals surface area (Å²) in [5.41, 5.74) is -0.181. The Bertz CT molecular complexity index is 217. The van der Waals surface area contributed by atoms with E-state index in [0.717, 1.165) is 32.3 Å². The monoisotopic (exact) mass is 228 g/mol. The fourth-order valence-corrected chi connectivity index (χ4v) is 1.86. The van der Waals surface area contributed by atoms with E-state index in [9.17, 15) is 4.79 Å². The minimum atomic E-state index is -0.181. The molecule has 1 fully saturated rings. The van der Waals surface area contributed by atoms with Gasteiger partial charge in [0.2, 0.25) is 0 Å². The number of hydrogen-bond acceptors (Lipinski definition) is 3. The van der Waals surface area contributed by atoms with Crippen LogP contribution in [0.15, 0.2) is 0 Å². The van der Waals surface area contributed by atoms with Crippen molar-refractivity contribution in [1.29, 1.82) is 0 Å². The molecule has 0 radical (unpaired) electrons. The maximum absolute atomic E-state index is 11.7. The highest BCUT2D eigenvalue weighted by atomic mass is 16.5. The van der Waals surface area contributed by atoms with Gasteiger partial charge >= 0.3 is 0 Å². The maximum Gasteiger partial charge on any atom is 0.133 e. The lowest BCUT2D eigenvalue weighted by Gasteiger charge is -2.22. The van der Waals surface area contributed by atoms with Crippen molar-refractivity contribution in [2.24, 2.45) is 0 Å². The van der Waals surface area contributed by atoms with Gasteiger partial charge in [-0.2, -0.15) is 0 Å². The summed E-state index contributed by atoms with van der Waals surface area (Å²) in [5.74, 6) is 0.334. The van der Waals surface area contributed by atoms with Gasteiger partial charge in [0.15, 0.2) is 0 Å². The van der Waals surface area contributed by atoms with E-state index in [1.807, 2.05) is 13.8 Å². The summed E-state index contributed by atoms with van der Waals surface area (Å²) in [6.45, 7) is 4.90. The third-order valence-electron chi connectivity index (χ3n) is 3.33. The normalized spacial score (nSPS) is 21.3. The molecule has 0 saturated carbocycles. The molecule has 0 aliphatic carbocycles. The van der Waals surface area contributed by atoms with E-state index in [0.29, 0.717) is 24.7 Å². The van der Waals surface area contributed by atoms with Crippen LogP contribution in [0.3, 0.4) is 0 Å². The van der Waals surface area contributed by atoms with Crippen LogP contribution in [0.2, 0.25) is 0 Å². The Labute approximate surface area is 98.5 Å². The van der Waals surface area contributed by atoms with Crippen molar-refractivity contribution < 1.29 is 14.3 Å². The third-order valence-corrected chi connectivity index (χ3v) is 3.33. The molecule has 3 nitrogen and oxygen atoms in total. The van der Waals surface area contributed by atoms with E-state index < -0.39 is 0 Å². The SMILES string of the molecule is COC(C)(C)CCC(=O)CCC1CCCO1. The van der Waals surface area contributed by atoms with Gasteiger partial charge in [-0.1, -0.05) is 0 Å². The van der Waals surface area contributed by atoms with E-state index in [1.165, 1.54) is 0 Å². The van der Waals surface area contributed by atoms with Crippen molar-refractivity contribution in [2.45, 2.75) is 64.1 Å². The van der Waals surface area contributed by atoms with Crippen LogP contribution >= 0.6 is 0 Å². The molecule has 1 atom stereocenters. The molecule has 94 valence electrons. The molecule has 0 aromatic rings. The lowest BCUT2D eigenvalue weighted by atomic mass is 9.98. The number of carbonyl (C=O) groups is 1. The fourth-order valence-electron chi connectivity index (χ4n) is 1.86. The highest BCUT2D eigenvalue weighted by Crippen LogP contribution is 2.19. The van der Waals surface area contributed by atoms with Gasteiger partial charge in [-0.25, -0.2) is 0 Å². The quantitative estimate of drug-likeness (QED) is 0.672. The Balaban J connectivity index is 2.10. The van der Waals surface area contributed by atoms with Crippen LogP contribution in [0.4, 0.5) is 0 Å². The second-order valence-corrected chi connectivity index (χ2v) is 5.18. The molecular weight excluding hydrogens is 204 g/mol. The summed E-state index contributed by atoms with van der Waals surface area (Å²) < 4.78 is 10.8. The number of Topliss-reactive ketones (excluding diaryl/α,β-unsaturated/α-hetero) is 1. The van der Waals surface area contributed by atoms with Crippen molar-refractivity contribution in [3.05, 3.63) is 0 Å². The first-order valence-electron chi connectivity index (χ1n) is 6.22. The topological polar surface area (TPSA) is 35.5 Å². The highest BCUT2D eigenvalue weighted by Gasteiger charge is 2.20. The van der Waals surface area contributed by atoms with Crippen LogP contribution < -0.4 is 0 Å². The second-order valence-electron chi connectivity index (χ2n) is 5.18. The van der Waals surface area contributed by atoms with Crippen molar-refractivity contribution in [2.75, 3.05) is 13.7 Å². The molecule has 16 heavy (non-hydrogen) atoms. The Kier molecular flexibility index (Phi) is 5.42. The number of hydrogen-bond donors (Lipinski definition) is 0. The van der Waals surface area contributed by atoms with E-state index >= 15 is 0 Å². The summed E-state index contributed by atoms with van der Waals surface area (Å²) in [6, 6.07) is 0. The molecule has 3 heteroatoms. The molecule has 1 rings (SSSR count). The van der Waals surface area contributed by atoms with Crippen molar-refractivity contribution in [1.82, 2.24) is 0 Å². The number of ether oxygens (including phenoxy) is 2. The average molecular weight is 228 g/mol. The zero-order valence-electron chi connectivity index (χ0n) is 10.8. The molecule has 1 saturated heterocycles. The van der Waals surface area contributed by atoms with Gasteiger partial charge in [0, 0.05) is 26.6 Å². The molecule has 0 aromatic heterocycles. The van der Waals surface area contributed by atoms with Crippen LogP contribution in [0.5, 0.6) is 0 Å². The van der Waals surface area contributed by atoms with Crippen LogP contribution in [-0.2, 0) is 14.3 Å². The van der Waals surface area contributed by atoms with Crippen molar-refractivity contribution in [3.63, 3.8) is 0 Å². The molecule has 1 unspecified atom stereocenters. The Morgan fingerprint density at radius 1 is 1.44 bits per heavy atom. The maximum atomic E-state index is 11.7. The lowest BCUT2D eigenvalue weighted by molar-refractivity contribution is -0.121. The van der Waals surface area contributed by atoms with Crippen LogP contribution in [0.25, 0.3) is 0 Å². The second kappa shape index (κ2) is 6.36. The van der Waals surface area contributed by atoms with Gasteiger partial charge in [-0.15, -0.1) is 0 Å². The standard InChI is InChI=1S/C13H24O3/c1-13(2,15-3)9-8-11(14)6-7-12-5-4-10-16-12/h12H,4-10H2,1-3H3. The van der Waals surface area contributed by atoms with Gasteiger partial charge in [0.25, 0.3) is 0 Å². The smallest absolute Gasteiger partial charge is 0.133 e. The van der Waals surface area contributed by atoms with Gasteiger partial charge in [0.05, 0.1) is 11.7 Å². The number of methoxy groups -OCH3 is 1. The first kappa shape index (κ1) is 13.7. The zero-order chi connectivity index (χ0) is 12.0. The summed E-state index contributed by atoms with van der Waals surface area (Å²) in [7, 11) is 1.69. The van der Waals surface area contributed by atoms with Crippen LogP contribution in [0, 0.1) is 0 Å². The van der Waals surface area contributed by atoms with Crippen LogP contribution in [-0.4, -0.2) is 31.2 Å². The Morgan fingerprint density at radius 3 is 2.75 bits per heavy atom. The molecule has 0 bridgehead atoms. The van der Waals surface area contributed by atoms with E-state index in [4.69, 9.17) is 9.47 Å². The molecule has 1 aliphatic heterocycles. The largest absolute Gasteiger partial charge is 0.379 e. The van der Waals surface area contributed by atoms with Gasteiger partial charge < -0.3 is 9.47 Å².